The zero-order valence-corrected chi connectivity index (χ0v) is 32.9. The first kappa shape index (κ1) is 35.4. The molecule has 6 aromatic carbocycles. The largest absolute Gasteiger partial charge is 0.135 e. The molecule has 1 heteroatoms. The first-order valence-electron chi connectivity index (χ1n) is 19.5. The van der Waals surface area contributed by atoms with Crippen LogP contribution in [-0.2, 0) is 5.41 Å². The van der Waals surface area contributed by atoms with Crippen LogP contribution >= 0.6 is 11.3 Å². The van der Waals surface area contributed by atoms with Crippen molar-refractivity contribution in [3.8, 4) is 0 Å². The number of allylic oxidation sites excluding steroid dienone is 6. The van der Waals surface area contributed by atoms with Crippen LogP contribution < -0.4 is 20.9 Å². The number of fused-ring (bicyclic) bond motifs is 5. The Kier molecular flexibility index (Phi) is 9.12. The predicted octanol–water partition coefficient (Wildman–Crippen LogP) is 11.7. The van der Waals surface area contributed by atoms with Crippen LogP contribution in [0.3, 0.4) is 0 Å². The Hall–Kier alpha value is -6.28. The molecule has 0 N–H and O–H groups in total. The number of thiophene rings is 1. The molecule has 0 nitrogen and oxygen atoms in total. The number of hydrogen-bond donors (Lipinski definition) is 0. The van der Waals surface area contributed by atoms with E-state index < -0.39 is 0 Å². The summed E-state index contributed by atoms with van der Waals surface area (Å²) in [5, 5.41) is 7.00. The van der Waals surface area contributed by atoms with Gasteiger partial charge in [0.2, 0.25) is 0 Å². The van der Waals surface area contributed by atoms with Gasteiger partial charge in [-0.2, -0.15) is 0 Å². The molecular formula is C55H44S. The highest BCUT2D eigenvalue weighted by molar-refractivity contribution is 7.25. The van der Waals surface area contributed by atoms with E-state index in [0.29, 0.717) is 0 Å². The first-order chi connectivity index (χ1) is 27.3. The third-order valence-corrected chi connectivity index (χ3v) is 12.7. The summed E-state index contributed by atoms with van der Waals surface area (Å²) in [5.41, 5.74) is 12.9. The summed E-state index contributed by atoms with van der Waals surface area (Å²) in [6.07, 6.45) is 15.6. The molecule has 7 aromatic rings. The maximum Gasteiger partial charge on any atom is 0.0361 e. The molecule has 0 spiro atoms. The van der Waals surface area contributed by atoms with E-state index in [1.165, 1.54) is 64.4 Å². The standard InChI is InChI=1S/C55H44S/c1-36-18-10-11-19-41(36)32-37(2)43-21-8-6-7-9-22-44(46-24-14-13-23-45(43)46)40-30-28-39(29-31-40)38(3)48-34-50-47-25-15-17-27-53(47)56-54(50)35-49(48)52-33-42-20-12-16-26-51(42)55(52,4)5/h8-35H,1-3,6-7H2,4-5H3/b21-8+,22-9+,41-32-,45-43+,46-44+. The lowest BCUT2D eigenvalue weighted by Gasteiger charge is -2.27. The first-order valence-corrected chi connectivity index (χ1v) is 20.3. The van der Waals surface area contributed by atoms with Crippen LogP contribution in [0.15, 0.2) is 176 Å². The molecule has 0 bridgehead atoms. The van der Waals surface area contributed by atoms with E-state index >= 15 is 0 Å². The monoisotopic (exact) mass is 736 g/mol. The van der Waals surface area contributed by atoms with Gasteiger partial charge in [0.25, 0.3) is 0 Å². The minimum atomic E-state index is -0.142. The van der Waals surface area contributed by atoms with Crippen molar-refractivity contribution < 1.29 is 0 Å². The van der Waals surface area contributed by atoms with Crippen LogP contribution in [0, 0.1) is 0 Å². The van der Waals surface area contributed by atoms with Gasteiger partial charge in [0.05, 0.1) is 0 Å². The van der Waals surface area contributed by atoms with Gasteiger partial charge in [0, 0.05) is 25.6 Å². The van der Waals surface area contributed by atoms with E-state index in [2.05, 4.69) is 185 Å². The Morgan fingerprint density at radius 3 is 2.18 bits per heavy atom. The van der Waals surface area contributed by atoms with E-state index in [9.17, 15) is 0 Å². The summed E-state index contributed by atoms with van der Waals surface area (Å²) in [6, 6.07) is 48.4. The van der Waals surface area contributed by atoms with Crippen molar-refractivity contribution in [2.75, 3.05) is 0 Å². The minimum absolute atomic E-state index is 0.142. The Labute approximate surface area is 333 Å². The molecule has 0 radical (unpaired) electrons. The van der Waals surface area contributed by atoms with E-state index in [4.69, 9.17) is 6.58 Å². The second-order valence-corrected chi connectivity index (χ2v) is 16.5. The van der Waals surface area contributed by atoms with Crippen LogP contribution in [0.4, 0.5) is 0 Å². The Bertz CT molecular complexity index is 3080. The van der Waals surface area contributed by atoms with Gasteiger partial charge in [-0.3, -0.25) is 0 Å². The third kappa shape index (κ3) is 6.29. The second-order valence-electron chi connectivity index (χ2n) is 15.4. The molecule has 1 heterocycles. The molecule has 2 aliphatic rings. The lowest BCUT2D eigenvalue weighted by atomic mass is 9.76. The molecule has 56 heavy (non-hydrogen) atoms. The molecule has 1 aromatic heterocycles. The van der Waals surface area contributed by atoms with Gasteiger partial charge in [0.1, 0.15) is 0 Å². The highest BCUT2D eigenvalue weighted by Crippen LogP contribution is 2.50. The van der Waals surface area contributed by atoms with Crippen molar-refractivity contribution in [3.05, 3.63) is 231 Å². The van der Waals surface area contributed by atoms with Crippen molar-refractivity contribution in [2.24, 2.45) is 0 Å². The predicted molar refractivity (Wildman–Crippen MR) is 245 cm³/mol. The zero-order chi connectivity index (χ0) is 38.4. The molecular weight excluding hydrogens is 693 g/mol. The summed E-state index contributed by atoms with van der Waals surface area (Å²) in [5.74, 6) is 0. The average molecular weight is 737 g/mol. The van der Waals surface area contributed by atoms with Gasteiger partial charge >= 0.3 is 0 Å². The van der Waals surface area contributed by atoms with Crippen molar-refractivity contribution in [1.29, 1.82) is 0 Å². The molecule has 0 unspecified atom stereocenters. The van der Waals surface area contributed by atoms with Crippen molar-refractivity contribution >= 4 is 72.5 Å². The fourth-order valence-electron chi connectivity index (χ4n) is 8.54. The van der Waals surface area contributed by atoms with Crippen LogP contribution in [0.5, 0.6) is 0 Å². The molecule has 0 fully saturated rings. The van der Waals surface area contributed by atoms with Crippen molar-refractivity contribution in [2.45, 2.75) is 32.1 Å². The Balaban J connectivity index is 1.19. The Morgan fingerprint density at radius 2 is 1.38 bits per heavy atom. The smallest absolute Gasteiger partial charge is 0.0361 e. The lowest BCUT2D eigenvalue weighted by Crippen LogP contribution is -2.29. The third-order valence-electron chi connectivity index (χ3n) is 11.6. The van der Waals surface area contributed by atoms with Crippen molar-refractivity contribution in [1.82, 2.24) is 0 Å². The van der Waals surface area contributed by atoms with Gasteiger partial charge < -0.3 is 0 Å². The highest BCUT2D eigenvalue weighted by Gasteiger charge is 2.35. The van der Waals surface area contributed by atoms with Crippen LogP contribution in [0.2, 0.25) is 0 Å². The van der Waals surface area contributed by atoms with E-state index in [-0.39, 0.29) is 5.41 Å². The topological polar surface area (TPSA) is 0 Å². The molecule has 0 atom stereocenters. The maximum absolute atomic E-state index is 4.82. The van der Waals surface area contributed by atoms with E-state index in [1.807, 2.05) is 23.5 Å². The summed E-state index contributed by atoms with van der Waals surface area (Å²) < 4.78 is 2.62. The van der Waals surface area contributed by atoms with Crippen molar-refractivity contribution in [3.63, 3.8) is 0 Å². The number of benzene rings is 6. The fraction of sp³-hybridized carbons (Fsp3) is 0.0909. The molecule has 0 aliphatic heterocycles. The summed E-state index contributed by atoms with van der Waals surface area (Å²) >= 11 is 1.87. The summed E-state index contributed by atoms with van der Waals surface area (Å²) in [7, 11) is 0. The Morgan fingerprint density at radius 1 is 0.679 bits per heavy atom. The molecule has 0 amide bonds. The minimum Gasteiger partial charge on any atom is -0.135 e. The average Bonchev–Trinajstić information content (AvgIpc) is 3.72. The number of rotatable bonds is 6. The maximum atomic E-state index is 4.82. The van der Waals surface area contributed by atoms with Gasteiger partial charge in [-0.1, -0.05) is 173 Å². The van der Waals surface area contributed by atoms with Gasteiger partial charge in [0.15, 0.2) is 0 Å². The van der Waals surface area contributed by atoms with Crippen LogP contribution in [0.1, 0.15) is 60.1 Å². The van der Waals surface area contributed by atoms with Gasteiger partial charge in [-0.05, 0) is 125 Å². The van der Waals surface area contributed by atoms with E-state index in [1.54, 1.807) is 0 Å². The highest BCUT2D eigenvalue weighted by atomic mass is 32.1. The fourth-order valence-corrected chi connectivity index (χ4v) is 9.66. The molecule has 2 aliphatic carbocycles. The molecule has 0 saturated heterocycles. The number of hydrogen-bond acceptors (Lipinski definition) is 1. The summed E-state index contributed by atoms with van der Waals surface area (Å²) in [4.78, 5) is 0. The molecule has 0 saturated carbocycles. The van der Waals surface area contributed by atoms with Crippen LogP contribution in [0.25, 0.3) is 61.2 Å². The summed E-state index contributed by atoms with van der Waals surface area (Å²) in [6.45, 7) is 18.4. The molecule has 9 rings (SSSR count). The molecule has 270 valence electrons. The van der Waals surface area contributed by atoms with Gasteiger partial charge in [-0.15, -0.1) is 11.3 Å². The lowest BCUT2D eigenvalue weighted by molar-refractivity contribution is 0.704. The normalized spacial score (nSPS) is 18.2. The SMILES string of the molecule is C=C(/C=c1/ccccc1=C)C1=c2\cccc\c2=C(c2ccc(C(=C)c3cc4c(cc3C3=Cc5ccccc5C3(C)C)sc3ccccc34)cc2)\C=C\CC\C=C\1. The van der Waals surface area contributed by atoms with E-state index in [0.717, 1.165) is 50.8 Å². The van der Waals surface area contributed by atoms with Gasteiger partial charge in [-0.25, -0.2) is 0 Å². The van der Waals surface area contributed by atoms with Crippen LogP contribution in [-0.4, -0.2) is 0 Å². The second kappa shape index (κ2) is 14.4. The zero-order valence-electron chi connectivity index (χ0n) is 32.1. The quantitative estimate of drug-likeness (QED) is 0.159.